The van der Waals surface area contributed by atoms with Crippen LogP contribution in [0.4, 0.5) is 0 Å². The molecule has 1 aromatic carbocycles. The van der Waals surface area contributed by atoms with Gasteiger partial charge < -0.3 is 9.84 Å². The van der Waals surface area contributed by atoms with Crippen LogP contribution in [0.2, 0.25) is 19.6 Å². The van der Waals surface area contributed by atoms with Crippen LogP contribution in [0, 0.1) is 0 Å². The van der Waals surface area contributed by atoms with E-state index in [2.05, 4.69) is 31.8 Å². The van der Waals surface area contributed by atoms with E-state index in [9.17, 15) is 5.11 Å². The van der Waals surface area contributed by atoms with Gasteiger partial charge in [0, 0.05) is 5.73 Å². The van der Waals surface area contributed by atoms with Crippen LogP contribution in [0.5, 0.6) is 5.75 Å². The zero-order valence-electron chi connectivity index (χ0n) is 10.7. The molecule has 16 heavy (non-hydrogen) atoms. The lowest BCUT2D eigenvalue weighted by Gasteiger charge is -2.23. The van der Waals surface area contributed by atoms with Crippen LogP contribution >= 0.6 is 0 Å². The average molecular weight is 238 g/mol. The van der Waals surface area contributed by atoms with Crippen LogP contribution in [0.3, 0.4) is 0 Å². The summed E-state index contributed by atoms with van der Waals surface area (Å²) >= 11 is 0. The predicted molar refractivity (Wildman–Crippen MR) is 70.7 cm³/mol. The van der Waals surface area contributed by atoms with Crippen LogP contribution in [0.1, 0.15) is 12.0 Å². The lowest BCUT2D eigenvalue weighted by molar-refractivity contribution is 0.233. The molecule has 0 spiro atoms. The van der Waals surface area contributed by atoms with Gasteiger partial charge in [0.15, 0.2) is 0 Å². The first-order chi connectivity index (χ1) is 7.43. The molecule has 0 aliphatic carbocycles. The van der Waals surface area contributed by atoms with E-state index in [1.165, 1.54) is 5.56 Å². The lowest BCUT2D eigenvalue weighted by atomic mass is 10.1. The molecule has 0 saturated heterocycles. The minimum Gasteiger partial charge on any atom is -0.497 e. The Hall–Kier alpha value is -0.803. The lowest BCUT2D eigenvalue weighted by Crippen LogP contribution is -2.38. The Morgan fingerprint density at radius 3 is 2.19 bits per heavy atom. The Bertz CT molecular complexity index is 314. The van der Waals surface area contributed by atoms with Gasteiger partial charge in [-0.15, -0.1) is 0 Å². The Morgan fingerprint density at radius 1 is 1.19 bits per heavy atom. The van der Waals surface area contributed by atoms with Gasteiger partial charge in [-0.25, -0.2) is 0 Å². The van der Waals surface area contributed by atoms with Crippen molar-refractivity contribution in [2.24, 2.45) is 0 Å². The van der Waals surface area contributed by atoms with Gasteiger partial charge >= 0.3 is 0 Å². The zero-order chi connectivity index (χ0) is 12.2. The van der Waals surface area contributed by atoms with E-state index in [4.69, 9.17) is 4.74 Å². The number of hydrogen-bond acceptors (Lipinski definition) is 2. The molecule has 0 aromatic heterocycles. The molecule has 1 rings (SSSR count). The van der Waals surface area contributed by atoms with Crippen LogP contribution in [0.15, 0.2) is 24.3 Å². The SMILES string of the molecule is COc1ccc(CCC(O)[Si](C)(C)C)cc1. The summed E-state index contributed by atoms with van der Waals surface area (Å²) in [5.41, 5.74) is 1.15. The molecule has 1 unspecified atom stereocenters. The highest BCUT2D eigenvalue weighted by Crippen LogP contribution is 2.16. The fourth-order valence-electron chi connectivity index (χ4n) is 1.53. The van der Waals surface area contributed by atoms with E-state index in [0.29, 0.717) is 0 Å². The molecule has 0 aliphatic heterocycles. The van der Waals surface area contributed by atoms with Gasteiger partial charge in [0.25, 0.3) is 0 Å². The third kappa shape index (κ3) is 3.98. The van der Waals surface area contributed by atoms with Crippen molar-refractivity contribution in [1.29, 1.82) is 0 Å². The van der Waals surface area contributed by atoms with Crippen molar-refractivity contribution in [3.8, 4) is 5.75 Å². The molecule has 0 aliphatic rings. The van der Waals surface area contributed by atoms with E-state index in [0.717, 1.165) is 18.6 Å². The Morgan fingerprint density at radius 2 is 1.75 bits per heavy atom. The highest BCUT2D eigenvalue weighted by atomic mass is 28.3. The zero-order valence-corrected chi connectivity index (χ0v) is 11.7. The maximum Gasteiger partial charge on any atom is 0.118 e. The second-order valence-corrected chi connectivity index (χ2v) is 10.7. The first-order valence-corrected chi connectivity index (χ1v) is 9.32. The normalized spacial score (nSPS) is 13.6. The number of methoxy groups -OCH3 is 1. The first-order valence-electron chi connectivity index (χ1n) is 5.74. The average Bonchev–Trinajstić information content (AvgIpc) is 2.25. The van der Waals surface area contributed by atoms with Gasteiger partial charge in [0.05, 0.1) is 15.2 Å². The minimum absolute atomic E-state index is 0.116. The fourth-order valence-corrected chi connectivity index (χ4v) is 2.54. The largest absolute Gasteiger partial charge is 0.497 e. The molecule has 0 heterocycles. The predicted octanol–water partition coefficient (Wildman–Crippen LogP) is 2.87. The molecular formula is C13H22O2Si. The molecule has 1 N–H and O–H groups in total. The molecule has 1 atom stereocenters. The van der Waals surface area contributed by atoms with Gasteiger partial charge in [-0.2, -0.15) is 0 Å². The summed E-state index contributed by atoms with van der Waals surface area (Å²) in [5.74, 6) is 0.884. The second-order valence-electron chi connectivity index (χ2n) is 5.27. The van der Waals surface area contributed by atoms with Crippen LogP contribution in [0.25, 0.3) is 0 Å². The van der Waals surface area contributed by atoms with Gasteiger partial charge in [0.1, 0.15) is 5.75 Å². The maximum atomic E-state index is 9.98. The number of rotatable bonds is 5. The maximum absolute atomic E-state index is 9.98. The molecule has 1 aromatic rings. The third-order valence-corrected chi connectivity index (χ3v) is 5.15. The molecule has 0 saturated carbocycles. The van der Waals surface area contributed by atoms with Crippen molar-refractivity contribution in [3.63, 3.8) is 0 Å². The number of aryl methyl sites for hydroxylation is 1. The van der Waals surface area contributed by atoms with Crippen LogP contribution < -0.4 is 4.74 Å². The van der Waals surface area contributed by atoms with Crippen LogP contribution in [-0.2, 0) is 6.42 Å². The van der Waals surface area contributed by atoms with Crippen molar-refractivity contribution in [1.82, 2.24) is 0 Å². The summed E-state index contributed by atoms with van der Waals surface area (Å²) in [6.07, 6.45) is 1.80. The van der Waals surface area contributed by atoms with E-state index >= 15 is 0 Å². The monoisotopic (exact) mass is 238 g/mol. The van der Waals surface area contributed by atoms with Crippen molar-refractivity contribution < 1.29 is 9.84 Å². The molecular weight excluding hydrogens is 216 g/mol. The van der Waals surface area contributed by atoms with Crippen molar-refractivity contribution in [3.05, 3.63) is 29.8 Å². The number of aliphatic hydroxyl groups excluding tert-OH is 1. The highest BCUT2D eigenvalue weighted by Gasteiger charge is 2.23. The topological polar surface area (TPSA) is 29.5 Å². The number of ether oxygens (including phenoxy) is 1. The number of benzene rings is 1. The van der Waals surface area contributed by atoms with Gasteiger partial charge in [0.2, 0.25) is 0 Å². The summed E-state index contributed by atoms with van der Waals surface area (Å²) in [6.45, 7) is 6.60. The summed E-state index contributed by atoms with van der Waals surface area (Å²) in [6, 6.07) is 8.07. The summed E-state index contributed by atoms with van der Waals surface area (Å²) in [7, 11) is 0.269. The summed E-state index contributed by atoms with van der Waals surface area (Å²) < 4.78 is 5.11. The summed E-state index contributed by atoms with van der Waals surface area (Å²) in [4.78, 5) is 0. The molecule has 0 radical (unpaired) electrons. The van der Waals surface area contributed by atoms with E-state index in [1.807, 2.05) is 12.1 Å². The molecule has 0 amide bonds. The van der Waals surface area contributed by atoms with Gasteiger partial charge in [-0.1, -0.05) is 31.8 Å². The van der Waals surface area contributed by atoms with Gasteiger partial charge in [-0.05, 0) is 30.5 Å². The number of hydrogen-bond donors (Lipinski definition) is 1. The highest BCUT2D eigenvalue weighted by molar-refractivity contribution is 6.77. The molecule has 2 nitrogen and oxygen atoms in total. The third-order valence-electron chi connectivity index (χ3n) is 2.87. The second kappa shape index (κ2) is 5.50. The van der Waals surface area contributed by atoms with E-state index in [1.54, 1.807) is 7.11 Å². The summed E-state index contributed by atoms with van der Waals surface area (Å²) in [5, 5.41) is 9.98. The first kappa shape index (κ1) is 13.3. The van der Waals surface area contributed by atoms with Crippen LogP contribution in [-0.4, -0.2) is 26.0 Å². The Balaban J connectivity index is 2.48. The van der Waals surface area contributed by atoms with E-state index < -0.39 is 8.07 Å². The number of aliphatic hydroxyl groups is 1. The van der Waals surface area contributed by atoms with Crippen molar-refractivity contribution >= 4 is 8.07 Å². The van der Waals surface area contributed by atoms with Crippen molar-refractivity contribution in [2.75, 3.05) is 7.11 Å². The fraction of sp³-hybridized carbons (Fsp3) is 0.538. The van der Waals surface area contributed by atoms with Gasteiger partial charge in [-0.3, -0.25) is 0 Å². The molecule has 0 fully saturated rings. The smallest absolute Gasteiger partial charge is 0.118 e. The Labute approximate surface area is 99.3 Å². The quantitative estimate of drug-likeness (QED) is 0.799. The van der Waals surface area contributed by atoms with E-state index in [-0.39, 0.29) is 5.73 Å². The molecule has 0 bridgehead atoms. The minimum atomic E-state index is -1.40. The molecule has 3 heteroatoms. The van der Waals surface area contributed by atoms with Crippen molar-refractivity contribution in [2.45, 2.75) is 38.2 Å². The standard InChI is InChI=1S/C13H22O2Si/c1-15-12-8-5-11(6-9-12)7-10-13(14)16(2,3)4/h5-6,8-9,13-14H,7,10H2,1-4H3. The molecule has 90 valence electrons. The Kier molecular flexibility index (Phi) is 4.56.